The molecular weight excluding hydrogens is 312 g/mol. The van der Waals surface area contributed by atoms with Crippen molar-refractivity contribution >= 4 is 11.9 Å². The first-order valence-corrected chi connectivity index (χ1v) is 7.88. The summed E-state index contributed by atoms with van der Waals surface area (Å²) in [6.45, 7) is 2.37. The molecule has 3 rings (SSSR count). The Labute approximate surface area is 140 Å². The van der Waals surface area contributed by atoms with E-state index >= 15 is 0 Å². The summed E-state index contributed by atoms with van der Waals surface area (Å²) in [7, 11) is 2.92. The van der Waals surface area contributed by atoms with E-state index in [-0.39, 0.29) is 24.4 Å². The summed E-state index contributed by atoms with van der Waals surface area (Å²) in [5.74, 6) is -0.420. The number of benzene rings is 1. The van der Waals surface area contributed by atoms with Gasteiger partial charge in [0.1, 0.15) is 11.5 Å². The Kier molecular flexibility index (Phi) is 4.46. The summed E-state index contributed by atoms with van der Waals surface area (Å²) >= 11 is 0. The molecule has 1 heterocycles. The first kappa shape index (κ1) is 16.4. The van der Waals surface area contributed by atoms with E-state index in [0.717, 1.165) is 5.56 Å². The molecule has 0 spiro atoms. The Bertz CT molecular complexity index is 693. The van der Waals surface area contributed by atoms with Gasteiger partial charge in [0, 0.05) is 23.0 Å². The summed E-state index contributed by atoms with van der Waals surface area (Å²) < 4.78 is 21.2. The first-order valence-electron chi connectivity index (χ1n) is 7.88. The predicted octanol–water partition coefficient (Wildman–Crippen LogP) is 2.08. The van der Waals surface area contributed by atoms with E-state index in [1.807, 2.05) is 12.1 Å². The lowest BCUT2D eigenvalue weighted by Crippen LogP contribution is -2.32. The maximum absolute atomic E-state index is 12.4. The lowest BCUT2D eigenvalue weighted by atomic mass is 9.79. The summed E-state index contributed by atoms with van der Waals surface area (Å²) in [5, 5.41) is 0. The van der Waals surface area contributed by atoms with Gasteiger partial charge in [0.15, 0.2) is 0 Å². The van der Waals surface area contributed by atoms with Gasteiger partial charge in [-0.15, -0.1) is 0 Å². The van der Waals surface area contributed by atoms with E-state index in [1.165, 1.54) is 7.11 Å². The van der Waals surface area contributed by atoms with E-state index in [2.05, 4.69) is 0 Å². The van der Waals surface area contributed by atoms with Crippen molar-refractivity contribution < 1.29 is 28.5 Å². The molecule has 0 fully saturated rings. The van der Waals surface area contributed by atoms with Crippen LogP contribution in [0.1, 0.15) is 18.4 Å². The number of methoxy groups -OCH3 is 2. The molecule has 0 aromatic heterocycles. The second-order valence-corrected chi connectivity index (χ2v) is 5.75. The highest BCUT2D eigenvalue weighted by molar-refractivity contribution is 5.93. The van der Waals surface area contributed by atoms with E-state index in [0.29, 0.717) is 23.7 Å². The largest absolute Gasteiger partial charge is 0.497 e. The van der Waals surface area contributed by atoms with Crippen molar-refractivity contribution in [3.63, 3.8) is 0 Å². The maximum Gasteiger partial charge on any atom is 0.334 e. The number of hydrogen-bond acceptors (Lipinski definition) is 6. The van der Waals surface area contributed by atoms with Gasteiger partial charge in [-0.05, 0) is 25.1 Å². The molecule has 0 saturated carbocycles. The van der Waals surface area contributed by atoms with Crippen molar-refractivity contribution in [1.29, 1.82) is 0 Å². The molecule has 0 bridgehead atoms. The first-order chi connectivity index (χ1) is 11.6. The highest BCUT2D eigenvalue weighted by Gasteiger charge is 2.48. The molecule has 2 aliphatic rings. The lowest BCUT2D eigenvalue weighted by molar-refractivity contribution is -0.146. The lowest BCUT2D eigenvalue weighted by Gasteiger charge is -2.32. The number of esters is 2. The molecule has 1 aromatic carbocycles. The zero-order valence-corrected chi connectivity index (χ0v) is 13.9. The van der Waals surface area contributed by atoms with Crippen molar-refractivity contribution in [1.82, 2.24) is 0 Å². The maximum atomic E-state index is 12.4. The van der Waals surface area contributed by atoms with Crippen LogP contribution in [0.2, 0.25) is 0 Å². The summed E-state index contributed by atoms with van der Waals surface area (Å²) in [5.41, 5.74) is 1.31. The Balaban J connectivity index is 2.06. The van der Waals surface area contributed by atoms with Crippen LogP contribution in [0.5, 0.6) is 11.5 Å². The molecule has 128 valence electrons. The minimum atomic E-state index is -0.529. The van der Waals surface area contributed by atoms with Gasteiger partial charge in [-0.25, -0.2) is 4.79 Å². The molecule has 1 aliphatic heterocycles. The van der Waals surface area contributed by atoms with Crippen molar-refractivity contribution in [3.05, 3.63) is 35.4 Å². The Hall–Kier alpha value is -2.50. The van der Waals surface area contributed by atoms with Crippen molar-refractivity contribution in [3.8, 4) is 11.5 Å². The van der Waals surface area contributed by atoms with Gasteiger partial charge in [-0.1, -0.05) is 6.08 Å². The van der Waals surface area contributed by atoms with Crippen LogP contribution in [0.3, 0.4) is 0 Å². The molecule has 24 heavy (non-hydrogen) atoms. The molecule has 1 aliphatic carbocycles. The van der Waals surface area contributed by atoms with Crippen LogP contribution < -0.4 is 9.47 Å². The SMILES string of the molecule is CCOC(=O)C1=C[C@@H](C(=O)OC)[C@@H]2COc3ccc(OC)cc3[C@H]12. The van der Waals surface area contributed by atoms with E-state index in [9.17, 15) is 9.59 Å². The molecular formula is C18H20O6. The standard InChI is InChI=1S/C18H20O6/c1-4-23-18(20)13-8-11(17(19)22-3)14-9-24-15-6-5-10(21-2)7-12(15)16(13)14/h5-8,11,14,16H,4,9H2,1-3H3/t11-,14+,16-/m1/s1. The molecule has 6 heteroatoms. The Morgan fingerprint density at radius 3 is 2.75 bits per heavy atom. The number of ether oxygens (including phenoxy) is 4. The van der Waals surface area contributed by atoms with E-state index < -0.39 is 11.9 Å². The van der Waals surface area contributed by atoms with Crippen molar-refractivity contribution in [2.75, 3.05) is 27.4 Å². The number of hydrogen-bond donors (Lipinski definition) is 0. The van der Waals surface area contributed by atoms with Crippen molar-refractivity contribution in [2.45, 2.75) is 12.8 Å². The van der Waals surface area contributed by atoms with Gasteiger partial charge in [-0.3, -0.25) is 4.79 Å². The molecule has 0 radical (unpaired) electrons. The van der Waals surface area contributed by atoms with E-state index in [4.69, 9.17) is 18.9 Å². The minimum Gasteiger partial charge on any atom is -0.497 e. The number of rotatable bonds is 4. The Morgan fingerprint density at radius 1 is 1.29 bits per heavy atom. The summed E-state index contributed by atoms with van der Waals surface area (Å²) in [6.07, 6.45) is 1.66. The fourth-order valence-electron chi connectivity index (χ4n) is 3.46. The van der Waals surface area contributed by atoms with Crippen LogP contribution >= 0.6 is 0 Å². The molecule has 0 saturated heterocycles. The van der Waals surface area contributed by atoms with Crippen LogP contribution in [0.15, 0.2) is 29.8 Å². The highest BCUT2D eigenvalue weighted by Crippen LogP contribution is 2.50. The number of carbonyl (C=O) groups excluding carboxylic acids is 2. The average molecular weight is 332 g/mol. The smallest absolute Gasteiger partial charge is 0.334 e. The highest BCUT2D eigenvalue weighted by atomic mass is 16.5. The fourth-order valence-corrected chi connectivity index (χ4v) is 3.46. The van der Waals surface area contributed by atoms with Crippen LogP contribution in [-0.2, 0) is 19.1 Å². The third-order valence-electron chi connectivity index (χ3n) is 4.55. The van der Waals surface area contributed by atoms with Gasteiger partial charge in [0.25, 0.3) is 0 Å². The summed E-state index contributed by atoms with van der Waals surface area (Å²) in [6, 6.07) is 5.47. The van der Waals surface area contributed by atoms with Gasteiger partial charge in [0.2, 0.25) is 0 Å². The number of carbonyl (C=O) groups is 2. The second-order valence-electron chi connectivity index (χ2n) is 5.75. The molecule has 6 nitrogen and oxygen atoms in total. The fraction of sp³-hybridized carbons (Fsp3) is 0.444. The van der Waals surface area contributed by atoms with E-state index in [1.54, 1.807) is 26.2 Å². The average Bonchev–Trinajstić information content (AvgIpc) is 3.01. The van der Waals surface area contributed by atoms with Crippen LogP contribution in [0, 0.1) is 11.8 Å². The van der Waals surface area contributed by atoms with Gasteiger partial charge in [0.05, 0.1) is 33.4 Å². The normalized spacial score (nSPS) is 24.1. The van der Waals surface area contributed by atoms with Gasteiger partial charge < -0.3 is 18.9 Å². The molecule has 0 amide bonds. The third kappa shape index (κ3) is 2.62. The monoisotopic (exact) mass is 332 g/mol. The number of fused-ring (bicyclic) bond motifs is 3. The van der Waals surface area contributed by atoms with Crippen molar-refractivity contribution in [2.24, 2.45) is 11.8 Å². The topological polar surface area (TPSA) is 71.1 Å². The molecule has 0 N–H and O–H groups in total. The van der Waals surface area contributed by atoms with Crippen LogP contribution in [0.25, 0.3) is 0 Å². The quantitative estimate of drug-likeness (QED) is 0.786. The summed E-state index contributed by atoms with van der Waals surface area (Å²) in [4.78, 5) is 24.5. The van der Waals surface area contributed by atoms with Gasteiger partial charge >= 0.3 is 11.9 Å². The zero-order chi connectivity index (χ0) is 17.3. The molecule has 1 aromatic rings. The van der Waals surface area contributed by atoms with Crippen LogP contribution in [0.4, 0.5) is 0 Å². The molecule has 0 unspecified atom stereocenters. The third-order valence-corrected chi connectivity index (χ3v) is 4.55. The second kappa shape index (κ2) is 6.55. The zero-order valence-electron chi connectivity index (χ0n) is 13.9. The minimum absolute atomic E-state index is 0.198. The Morgan fingerprint density at radius 2 is 2.08 bits per heavy atom. The van der Waals surface area contributed by atoms with Crippen LogP contribution in [-0.4, -0.2) is 39.4 Å². The predicted molar refractivity (Wildman–Crippen MR) is 84.9 cm³/mol. The molecule has 3 atom stereocenters. The van der Waals surface area contributed by atoms with Gasteiger partial charge in [-0.2, -0.15) is 0 Å².